The van der Waals surface area contributed by atoms with Gasteiger partial charge in [-0.3, -0.25) is 0 Å². The van der Waals surface area contributed by atoms with Gasteiger partial charge in [0.05, 0.1) is 0 Å². The predicted molar refractivity (Wildman–Crippen MR) is 269 cm³/mol. The van der Waals surface area contributed by atoms with Crippen LogP contribution in [0, 0.1) is 13.8 Å². The highest BCUT2D eigenvalue weighted by Crippen LogP contribution is 2.37. The van der Waals surface area contributed by atoms with Gasteiger partial charge in [-0.25, -0.2) is 0 Å². The van der Waals surface area contributed by atoms with Gasteiger partial charge in [0.25, 0.3) is 0 Å². The molecule has 0 radical (unpaired) electrons. The standard InChI is InChI=1S/C58H72Si2/c1-5-7-9-11-13-15-17-23-33-49-45-55-56-46-50(34-24-18-16-14-12-10-8-6-2)48(4)44-58(56)60(53-39-29-21-30-40-53,54-41-31-22-32-42-54)59(57(55)43-47(49)3,51-35-25-19-26-36-51)52-37-27-20-28-38-52/h19-22,25-32,35-46H,5-18,23-24,33-34H2,1-4H3. The molecule has 6 aromatic rings. The lowest BCUT2D eigenvalue weighted by Crippen LogP contribution is -2.95. The van der Waals surface area contributed by atoms with E-state index in [0.717, 1.165) is 12.8 Å². The summed E-state index contributed by atoms with van der Waals surface area (Å²) in [6.45, 7) is 9.50. The monoisotopic (exact) mass is 825 g/mol. The van der Waals surface area contributed by atoms with Crippen LogP contribution in [0.3, 0.4) is 0 Å². The van der Waals surface area contributed by atoms with Crippen molar-refractivity contribution in [3.8, 4) is 11.1 Å². The molecular formula is C58H72Si2. The fraction of sp³-hybridized carbons (Fsp3) is 0.379. The third kappa shape index (κ3) is 9.02. The second-order valence-corrected chi connectivity index (χ2v) is 28.9. The molecular weight excluding hydrogens is 753 g/mol. The highest BCUT2D eigenvalue weighted by molar-refractivity contribution is 7.68. The zero-order chi connectivity index (χ0) is 41.6. The van der Waals surface area contributed by atoms with Crippen molar-refractivity contribution in [2.75, 3.05) is 0 Å². The van der Waals surface area contributed by atoms with Crippen molar-refractivity contribution in [1.82, 2.24) is 0 Å². The highest BCUT2D eigenvalue weighted by Gasteiger charge is 2.65. The van der Waals surface area contributed by atoms with Crippen LogP contribution in [0.5, 0.6) is 0 Å². The SMILES string of the molecule is CCCCCCCCCCc1cc2c(cc1C)[Si](c1ccccc1)(c1ccccc1)[Si](c1ccccc1)(c1ccccc1)c1cc(C)c(CCCCCCCCCC)cc1-2. The lowest BCUT2D eigenvalue weighted by molar-refractivity contribution is 0.575. The molecule has 0 aromatic heterocycles. The smallest absolute Gasteiger partial charge is 0.0654 e. The second kappa shape index (κ2) is 21.5. The summed E-state index contributed by atoms with van der Waals surface area (Å²) in [4.78, 5) is 0. The first-order valence-electron chi connectivity index (χ1n) is 24.1. The van der Waals surface area contributed by atoms with Gasteiger partial charge in [0, 0.05) is 0 Å². The fourth-order valence-corrected chi connectivity index (χ4v) is 31.2. The van der Waals surface area contributed by atoms with E-state index in [2.05, 4.69) is 173 Å². The molecule has 0 spiro atoms. The number of unbranched alkanes of at least 4 members (excludes halogenated alkanes) is 14. The molecule has 0 N–H and O–H groups in total. The predicted octanol–water partition coefficient (Wildman–Crippen LogP) is 12.4. The Kier molecular flexibility index (Phi) is 15.7. The number of fused-ring (bicyclic) bond motifs is 3. The van der Waals surface area contributed by atoms with Crippen LogP contribution >= 0.6 is 0 Å². The lowest BCUT2D eigenvalue weighted by Gasteiger charge is -2.54. The maximum absolute atomic E-state index is 2.93. The summed E-state index contributed by atoms with van der Waals surface area (Å²) >= 11 is 0. The molecule has 0 bridgehead atoms. The zero-order valence-corrected chi connectivity index (χ0v) is 39.6. The Morgan fingerprint density at radius 1 is 0.317 bits per heavy atom. The molecule has 6 aromatic carbocycles. The van der Waals surface area contributed by atoms with E-state index in [1.54, 1.807) is 21.5 Å². The van der Waals surface area contributed by atoms with Gasteiger partial charge in [-0.15, -0.1) is 0 Å². The summed E-state index contributed by atoms with van der Waals surface area (Å²) in [5, 5.41) is 9.34. The second-order valence-electron chi connectivity index (χ2n) is 18.1. The largest absolute Gasteiger partial charge is 0.155 e. The number of hydrogen-bond acceptors (Lipinski definition) is 0. The molecule has 0 nitrogen and oxygen atoms in total. The van der Waals surface area contributed by atoms with Gasteiger partial charge < -0.3 is 0 Å². The Morgan fingerprint density at radius 3 is 0.867 bits per heavy atom. The molecule has 0 unspecified atom stereocenters. The Bertz CT molecular complexity index is 1970. The van der Waals surface area contributed by atoms with Crippen LogP contribution in [-0.2, 0) is 12.8 Å². The summed E-state index contributed by atoms with van der Waals surface area (Å²) in [7, 11) is -5.87. The fourth-order valence-electron chi connectivity index (χ4n) is 11.0. The average Bonchev–Trinajstić information content (AvgIpc) is 3.29. The summed E-state index contributed by atoms with van der Waals surface area (Å²) in [5.74, 6) is 0. The van der Waals surface area contributed by atoms with Crippen molar-refractivity contribution in [1.29, 1.82) is 0 Å². The third-order valence-electron chi connectivity index (χ3n) is 14.0. The van der Waals surface area contributed by atoms with Gasteiger partial charge >= 0.3 is 0 Å². The quantitative estimate of drug-likeness (QED) is 0.0473. The molecule has 1 aliphatic heterocycles. The molecule has 2 heteroatoms. The van der Waals surface area contributed by atoms with Gasteiger partial charge in [-0.2, -0.15) is 0 Å². The first kappa shape index (κ1) is 43.8. The molecule has 312 valence electrons. The molecule has 0 aliphatic carbocycles. The van der Waals surface area contributed by atoms with Crippen LogP contribution in [0.15, 0.2) is 146 Å². The number of rotatable bonds is 22. The van der Waals surface area contributed by atoms with Crippen LogP contribution in [0.4, 0.5) is 0 Å². The molecule has 60 heavy (non-hydrogen) atoms. The molecule has 1 heterocycles. The van der Waals surface area contributed by atoms with Gasteiger partial charge in [0.15, 0.2) is 15.2 Å². The molecule has 0 atom stereocenters. The van der Waals surface area contributed by atoms with E-state index >= 15 is 0 Å². The van der Waals surface area contributed by atoms with Gasteiger partial charge in [-0.1, -0.05) is 270 Å². The molecule has 0 amide bonds. The summed E-state index contributed by atoms with van der Waals surface area (Å²) in [6.07, 6.45) is 24.0. The van der Waals surface area contributed by atoms with E-state index in [-0.39, 0.29) is 0 Å². The zero-order valence-electron chi connectivity index (χ0n) is 37.6. The van der Waals surface area contributed by atoms with E-state index < -0.39 is 15.2 Å². The number of benzene rings is 6. The molecule has 0 saturated carbocycles. The van der Waals surface area contributed by atoms with Gasteiger partial charge in [0.2, 0.25) is 0 Å². The van der Waals surface area contributed by atoms with E-state index in [4.69, 9.17) is 0 Å². The maximum atomic E-state index is 2.73. The van der Waals surface area contributed by atoms with Crippen LogP contribution in [0.2, 0.25) is 0 Å². The minimum Gasteiger partial charge on any atom is -0.0654 e. The summed E-state index contributed by atoms with van der Waals surface area (Å²) in [5.41, 5.74) is 9.06. The van der Waals surface area contributed by atoms with Gasteiger partial charge in [0.1, 0.15) is 0 Å². The third-order valence-corrected chi connectivity index (χ3v) is 30.9. The Labute approximate surface area is 366 Å². The summed E-state index contributed by atoms with van der Waals surface area (Å²) < 4.78 is 0. The Morgan fingerprint density at radius 2 is 0.583 bits per heavy atom. The molecule has 1 aliphatic rings. The first-order chi connectivity index (χ1) is 29.6. The minimum absolute atomic E-state index is 1.16. The molecule has 0 saturated heterocycles. The Hall–Kier alpha value is -4.25. The normalized spacial score (nSPS) is 13.8. The maximum Gasteiger partial charge on any atom is 0.155 e. The molecule has 7 rings (SSSR count). The number of aryl methyl sites for hydroxylation is 4. The first-order valence-corrected chi connectivity index (χ1v) is 29.1. The minimum atomic E-state index is -2.93. The topological polar surface area (TPSA) is 0 Å². The van der Waals surface area contributed by atoms with Crippen molar-refractivity contribution in [2.24, 2.45) is 0 Å². The lowest BCUT2D eigenvalue weighted by atomic mass is 9.92. The van der Waals surface area contributed by atoms with E-state index in [9.17, 15) is 0 Å². The van der Waals surface area contributed by atoms with Crippen LogP contribution in [-0.4, -0.2) is 15.2 Å². The molecule has 0 fully saturated rings. The van der Waals surface area contributed by atoms with E-state index in [0.29, 0.717) is 0 Å². The van der Waals surface area contributed by atoms with E-state index in [1.165, 1.54) is 146 Å². The van der Waals surface area contributed by atoms with Crippen molar-refractivity contribution in [3.05, 3.63) is 168 Å². The average molecular weight is 825 g/mol. The van der Waals surface area contributed by atoms with Crippen molar-refractivity contribution < 1.29 is 0 Å². The Balaban J connectivity index is 1.46. The summed E-state index contributed by atoms with van der Waals surface area (Å²) in [6, 6.07) is 58.4. The van der Waals surface area contributed by atoms with Crippen LogP contribution < -0.4 is 31.1 Å². The number of hydrogen-bond donors (Lipinski definition) is 0. The highest BCUT2D eigenvalue weighted by atomic mass is 29.3. The van der Waals surface area contributed by atoms with Crippen LogP contribution in [0.1, 0.15) is 139 Å². The van der Waals surface area contributed by atoms with Crippen LogP contribution in [0.25, 0.3) is 11.1 Å². The van der Waals surface area contributed by atoms with E-state index in [1.807, 2.05) is 0 Å². The van der Waals surface area contributed by atoms with Gasteiger partial charge in [-0.05, 0) is 83.3 Å². The van der Waals surface area contributed by atoms with Crippen molar-refractivity contribution in [2.45, 2.75) is 143 Å². The van der Waals surface area contributed by atoms with Crippen molar-refractivity contribution >= 4 is 46.3 Å². The van der Waals surface area contributed by atoms with Crippen molar-refractivity contribution in [3.63, 3.8) is 0 Å².